The molecule has 0 bridgehead atoms. The Kier molecular flexibility index (Phi) is 73.9. The van der Waals surface area contributed by atoms with Crippen LogP contribution >= 0.6 is 0 Å². The number of carbonyl (C=O) groups is 10. The minimum Gasteiger partial charge on any atom is -0.379 e. The van der Waals surface area contributed by atoms with Crippen LogP contribution < -0.4 is 47.9 Å². The molecule has 138 heavy (non-hydrogen) atoms. The Morgan fingerprint density at radius 3 is 1.08 bits per heavy atom. The normalized spacial score (nSPS) is 21.7. The number of ketones is 7. The van der Waals surface area contributed by atoms with Crippen LogP contribution in [0.25, 0.3) is 0 Å². The third-order valence-corrected chi connectivity index (χ3v) is 27.5. The number of carbonyl (C=O) groups excluding carboxylic acids is 10. The summed E-state index contributed by atoms with van der Waals surface area (Å²) in [6.45, 7) is 84.3. The molecule has 0 aromatic carbocycles. The molecule has 3 amide bonds. The zero-order chi connectivity index (χ0) is 104. The van der Waals surface area contributed by atoms with Crippen molar-refractivity contribution in [2.24, 2.45) is 93.7 Å². The molecular weight excluding hydrogens is 1730 g/mol. The first-order valence-electron chi connectivity index (χ1n) is 54.4. The molecular formula is C115H227N9O14. The summed E-state index contributed by atoms with van der Waals surface area (Å²) in [6, 6.07) is 0.0255. The van der Waals surface area contributed by atoms with Gasteiger partial charge in [0.25, 0.3) is 0 Å². The highest BCUT2D eigenvalue weighted by molar-refractivity contribution is 5.93. The van der Waals surface area contributed by atoms with Crippen LogP contribution in [-0.2, 0) is 66.9 Å². The van der Waals surface area contributed by atoms with Gasteiger partial charge in [-0.05, 0) is 231 Å². The lowest BCUT2D eigenvalue weighted by molar-refractivity contribution is -0.238. The number of fused-ring (bicyclic) bond motifs is 5. The van der Waals surface area contributed by atoms with Gasteiger partial charge in [0.2, 0.25) is 17.7 Å². The lowest BCUT2D eigenvalue weighted by Crippen LogP contribution is -2.63. The number of amides is 3. The molecule has 4 aliphatic carbocycles. The quantitative estimate of drug-likeness (QED) is 0.0256. The first-order valence-corrected chi connectivity index (χ1v) is 54.4. The van der Waals surface area contributed by atoms with Crippen molar-refractivity contribution in [1.82, 2.24) is 47.9 Å². The third-order valence-electron chi connectivity index (χ3n) is 27.5. The van der Waals surface area contributed by atoms with E-state index in [1.807, 2.05) is 69.2 Å². The van der Waals surface area contributed by atoms with E-state index in [-0.39, 0.29) is 184 Å². The standard InChI is InChI=1S/C34H62O4.C30H53N3O6.C20H40N2O2.2C14H30N2O.3CH4/c1-20(2)35-19-24(9)27-12-13-28-32-29(18-31(34(27,28)11)38-23(7)8)33(10)15-14-26(36-21(3)4)16-25(33)17-30(32)37-22(5)6;1-17(2)25(34)14-11-23(29(38)19(5)6)32-27(36)16-13-24(30(39)20(7)8)33-26(35)15-12-22(31-21(9)10)28(37)18(3)4;1-15(2)11-7-8-13-19(23)21-14-10-9-12-18(22-17(5)6)20(24)16(3)4;2*1-10(2)14(17)13(16-12(5)6)8-7-9-15-11(3)4;;;/h20-32H,12-19H2,1-11H3;17-24,31H,11-16H2,1-10H3,(H,32,36)(H,33,35);15-18,22H,7-14H2,1-6H3,(H,21,23);2*10-13,15-16H,7-9H2,1-6H3;3*1H4/t24-,25?,26?,27?,28?,29?,30?,31?,32?,33?,34?;;;;;;;/m1......./s1. The average molecular weight is 1960 g/mol. The van der Waals surface area contributed by atoms with E-state index in [2.05, 4.69) is 207 Å². The molecule has 4 aliphatic rings. The molecule has 0 heterocycles. The maximum absolute atomic E-state index is 12.8. The van der Waals surface area contributed by atoms with Crippen molar-refractivity contribution in [3.8, 4) is 0 Å². The molecule has 0 aliphatic heterocycles. The van der Waals surface area contributed by atoms with Crippen LogP contribution in [0.3, 0.4) is 0 Å². The number of Topliss-reactive ketones (excluding diaryl/α,β-unsaturated/α-hetero) is 7. The first-order chi connectivity index (χ1) is 62.7. The van der Waals surface area contributed by atoms with Gasteiger partial charge >= 0.3 is 0 Å². The summed E-state index contributed by atoms with van der Waals surface area (Å²) >= 11 is 0. The van der Waals surface area contributed by atoms with E-state index in [0.717, 1.165) is 77.5 Å². The molecule has 0 spiro atoms. The molecule has 0 radical (unpaired) electrons. The summed E-state index contributed by atoms with van der Waals surface area (Å²) in [4.78, 5) is 124. The summed E-state index contributed by atoms with van der Waals surface area (Å²) in [5.41, 5.74) is 0.521. The maximum atomic E-state index is 12.8. The number of hydrogen-bond acceptors (Lipinski definition) is 20. The van der Waals surface area contributed by atoms with E-state index in [1.54, 1.807) is 41.5 Å². The van der Waals surface area contributed by atoms with Gasteiger partial charge in [0, 0.05) is 122 Å². The highest BCUT2D eigenvalue weighted by atomic mass is 16.5. The Bertz CT molecular complexity index is 3270. The van der Waals surface area contributed by atoms with Crippen LogP contribution in [0, 0.1) is 93.7 Å². The van der Waals surface area contributed by atoms with E-state index in [4.69, 9.17) is 18.9 Å². The van der Waals surface area contributed by atoms with Crippen molar-refractivity contribution in [1.29, 1.82) is 0 Å². The molecule has 0 aromatic rings. The van der Waals surface area contributed by atoms with Gasteiger partial charge in [-0.2, -0.15) is 0 Å². The fourth-order valence-corrected chi connectivity index (χ4v) is 20.6. The number of rotatable bonds is 62. The SMILES string of the molecule is C.C.C.CC(C)CCCCC(=O)NCCCCC(NC(C)C)C(=O)C(C)C.CC(C)NC(CCC(=O)NC(CCC(=O)NC(CCC(=O)C(C)C)C(=O)C(C)C)C(=O)C(C)C)C(=O)C(C)C.CC(C)NCCCC(NC(C)C)C(=O)C(C)C.CC(C)NCCCC(NC(C)C)C(=O)C(C)C.CC(C)OC[C@@H](C)C1CCC2C3C(OC(C)C)CC4CC(OC(C)C)CCC4(C)C3CC(OC(C)C)C21C. The predicted octanol–water partition coefficient (Wildman–Crippen LogP) is 22.6. The monoisotopic (exact) mass is 1960 g/mol. The van der Waals surface area contributed by atoms with E-state index in [9.17, 15) is 47.9 Å². The van der Waals surface area contributed by atoms with Crippen LogP contribution in [-0.4, -0.2) is 200 Å². The van der Waals surface area contributed by atoms with Gasteiger partial charge in [0.1, 0.15) is 5.78 Å². The van der Waals surface area contributed by atoms with Crippen LogP contribution in [0.5, 0.6) is 0 Å². The molecule has 0 saturated heterocycles. The lowest BCUT2D eigenvalue weighted by atomic mass is 9.43. The second-order valence-electron chi connectivity index (χ2n) is 46.7. The molecule has 9 N–H and O–H groups in total. The van der Waals surface area contributed by atoms with Gasteiger partial charge in [-0.3, -0.25) is 47.9 Å². The fourth-order valence-electron chi connectivity index (χ4n) is 20.6. The minimum absolute atomic E-state index is 0. The van der Waals surface area contributed by atoms with Gasteiger partial charge in [-0.1, -0.05) is 250 Å². The first kappa shape index (κ1) is 140. The van der Waals surface area contributed by atoms with E-state index in [0.29, 0.717) is 132 Å². The van der Waals surface area contributed by atoms with Gasteiger partial charge in [0.05, 0.1) is 79.0 Å². The molecule has 23 nitrogen and oxygen atoms in total. The van der Waals surface area contributed by atoms with Crippen molar-refractivity contribution in [3.05, 3.63) is 0 Å². The summed E-state index contributed by atoms with van der Waals surface area (Å²) in [5, 5.41) is 28.6. The smallest absolute Gasteiger partial charge is 0.220 e. The number of nitrogens with one attached hydrogen (secondary N) is 9. The fraction of sp³-hybridized carbons (Fsp3) is 0.913. The molecule has 4 rings (SSSR count). The van der Waals surface area contributed by atoms with Gasteiger partial charge < -0.3 is 66.8 Å². The Labute approximate surface area is 849 Å². The summed E-state index contributed by atoms with van der Waals surface area (Å²) in [5.74, 6) is 3.88. The lowest BCUT2D eigenvalue weighted by Gasteiger charge is -2.65. The van der Waals surface area contributed by atoms with Gasteiger partial charge in [0.15, 0.2) is 34.7 Å². The minimum atomic E-state index is -0.859. The number of unbranched alkanes of at least 4 members (excludes halogenated alkanes) is 2. The Morgan fingerprint density at radius 2 is 0.710 bits per heavy atom. The average Bonchev–Trinajstić information content (AvgIpc) is 1.44. The van der Waals surface area contributed by atoms with Crippen LogP contribution in [0.4, 0.5) is 0 Å². The molecule has 816 valence electrons. The summed E-state index contributed by atoms with van der Waals surface area (Å²) in [6.07, 6.45) is 22.3. The maximum Gasteiger partial charge on any atom is 0.220 e. The number of ether oxygens (including phenoxy) is 4. The highest BCUT2D eigenvalue weighted by Gasteiger charge is 2.67. The molecule has 4 saturated carbocycles. The number of hydrogen-bond donors (Lipinski definition) is 9. The van der Waals surface area contributed by atoms with E-state index < -0.39 is 24.0 Å². The Morgan fingerprint density at radius 1 is 0.333 bits per heavy atom. The second-order valence-corrected chi connectivity index (χ2v) is 46.7. The largest absolute Gasteiger partial charge is 0.379 e. The zero-order valence-electron chi connectivity index (χ0n) is 94.1. The van der Waals surface area contributed by atoms with Gasteiger partial charge in [-0.15, -0.1) is 0 Å². The highest BCUT2D eigenvalue weighted by Crippen LogP contribution is 2.69. The van der Waals surface area contributed by atoms with Crippen molar-refractivity contribution >= 4 is 58.2 Å². The summed E-state index contributed by atoms with van der Waals surface area (Å²) in [7, 11) is 0. The van der Waals surface area contributed by atoms with E-state index >= 15 is 0 Å². The van der Waals surface area contributed by atoms with Crippen molar-refractivity contribution in [2.45, 2.75) is 562 Å². The summed E-state index contributed by atoms with van der Waals surface area (Å²) < 4.78 is 26.5. The van der Waals surface area contributed by atoms with Crippen LogP contribution in [0.2, 0.25) is 0 Å². The predicted molar refractivity (Wildman–Crippen MR) is 580 cm³/mol. The molecule has 0 aromatic heterocycles. The molecule has 17 atom stereocenters. The van der Waals surface area contributed by atoms with Crippen LogP contribution in [0.1, 0.15) is 446 Å². The second kappa shape index (κ2) is 72.9. The van der Waals surface area contributed by atoms with Crippen LogP contribution in [0.15, 0.2) is 0 Å². The van der Waals surface area contributed by atoms with Crippen molar-refractivity contribution in [2.75, 3.05) is 26.2 Å². The van der Waals surface area contributed by atoms with Crippen molar-refractivity contribution < 1.29 is 66.9 Å². The molecule has 16 unspecified atom stereocenters. The van der Waals surface area contributed by atoms with E-state index in [1.165, 1.54) is 51.4 Å². The molecule has 4 fully saturated rings. The topological polar surface area (TPSA) is 316 Å². The Hall–Kier alpha value is -4.30. The Balaban J connectivity index is -0.000000844. The molecule has 23 heteroatoms. The zero-order valence-corrected chi connectivity index (χ0v) is 94.1. The van der Waals surface area contributed by atoms with Gasteiger partial charge in [-0.25, -0.2) is 0 Å². The van der Waals surface area contributed by atoms with Crippen molar-refractivity contribution in [3.63, 3.8) is 0 Å². The third kappa shape index (κ3) is 55.3.